The van der Waals surface area contributed by atoms with Gasteiger partial charge in [-0.2, -0.15) is 0 Å². The molecule has 1 fully saturated rings. The number of rotatable bonds is 2. The number of carbonyl (C=O) groups excluding carboxylic acids is 1. The van der Waals surface area contributed by atoms with E-state index in [4.69, 9.17) is 4.74 Å². The Kier molecular flexibility index (Phi) is 2.79. The average molecular weight is 257 g/mol. The molecule has 0 radical (unpaired) electrons. The van der Waals surface area contributed by atoms with Crippen molar-refractivity contribution in [3.05, 3.63) is 22.9 Å². The number of hydrogen-bond donors (Lipinski definition) is 1. The molecule has 1 aliphatic heterocycles. The van der Waals surface area contributed by atoms with E-state index in [2.05, 4.69) is 26.2 Å². The summed E-state index contributed by atoms with van der Waals surface area (Å²) < 4.78 is 5.81. The standard InChI is InChI=1S/C9H9BrN2O2/c10-8-3-7(1-2-12-8)14-9(13)6-4-11-5-6/h1-3,6,11H,4-5H2. The molecule has 1 aromatic rings. The van der Waals surface area contributed by atoms with Crippen molar-refractivity contribution in [1.29, 1.82) is 0 Å². The van der Waals surface area contributed by atoms with Crippen LogP contribution in [0.3, 0.4) is 0 Å². The number of pyridine rings is 1. The van der Waals surface area contributed by atoms with Gasteiger partial charge in [-0.15, -0.1) is 0 Å². The van der Waals surface area contributed by atoms with Crippen molar-refractivity contribution in [1.82, 2.24) is 10.3 Å². The fourth-order valence-corrected chi connectivity index (χ4v) is 1.45. The molecule has 1 saturated heterocycles. The van der Waals surface area contributed by atoms with Gasteiger partial charge in [-0.3, -0.25) is 4.79 Å². The monoisotopic (exact) mass is 256 g/mol. The Morgan fingerprint density at radius 1 is 1.64 bits per heavy atom. The Labute approximate surface area is 89.8 Å². The van der Waals surface area contributed by atoms with Gasteiger partial charge in [0.25, 0.3) is 0 Å². The highest BCUT2D eigenvalue weighted by Gasteiger charge is 2.26. The SMILES string of the molecule is O=C(Oc1ccnc(Br)c1)C1CNC1. The van der Waals surface area contributed by atoms with Crippen LogP contribution in [0.4, 0.5) is 0 Å². The van der Waals surface area contributed by atoms with Crippen molar-refractivity contribution in [3.63, 3.8) is 0 Å². The highest BCUT2D eigenvalue weighted by Crippen LogP contribution is 2.17. The Bertz CT molecular complexity index is 352. The van der Waals surface area contributed by atoms with Crippen LogP contribution in [0.2, 0.25) is 0 Å². The van der Waals surface area contributed by atoms with Crippen LogP contribution in [0.5, 0.6) is 5.75 Å². The zero-order valence-corrected chi connectivity index (χ0v) is 8.95. The molecule has 0 aliphatic carbocycles. The molecule has 1 aromatic heterocycles. The molecule has 1 N–H and O–H groups in total. The Balaban J connectivity index is 1.99. The lowest BCUT2D eigenvalue weighted by atomic mass is 10.0. The van der Waals surface area contributed by atoms with Crippen LogP contribution in [-0.2, 0) is 4.79 Å². The van der Waals surface area contributed by atoms with Crippen LogP contribution in [0.25, 0.3) is 0 Å². The van der Waals surface area contributed by atoms with Gasteiger partial charge in [-0.25, -0.2) is 4.98 Å². The van der Waals surface area contributed by atoms with Gasteiger partial charge in [0.15, 0.2) is 0 Å². The third kappa shape index (κ3) is 2.10. The largest absolute Gasteiger partial charge is 0.426 e. The molecule has 1 aliphatic rings. The van der Waals surface area contributed by atoms with E-state index in [1.807, 2.05) is 0 Å². The van der Waals surface area contributed by atoms with Crippen LogP contribution < -0.4 is 10.1 Å². The van der Waals surface area contributed by atoms with Crippen molar-refractivity contribution in [2.45, 2.75) is 0 Å². The quantitative estimate of drug-likeness (QED) is 0.633. The predicted molar refractivity (Wildman–Crippen MR) is 53.9 cm³/mol. The number of esters is 1. The zero-order valence-electron chi connectivity index (χ0n) is 7.37. The molecule has 0 aromatic carbocycles. The second-order valence-electron chi connectivity index (χ2n) is 3.09. The number of aromatic nitrogens is 1. The fraction of sp³-hybridized carbons (Fsp3) is 0.333. The van der Waals surface area contributed by atoms with Crippen molar-refractivity contribution >= 4 is 21.9 Å². The molecule has 0 atom stereocenters. The minimum Gasteiger partial charge on any atom is -0.426 e. The molecular weight excluding hydrogens is 248 g/mol. The third-order valence-electron chi connectivity index (χ3n) is 2.03. The normalized spacial score (nSPS) is 16.1. The van der Waals surface area contributed by atoms with E-state index in [1.54, 1.807) is 18.3 Å². The summed E-state index contributed by atoms with van der Waals surface area (Å²) in [6.45, 7) is 1.43. The number of ether oxygens (including phenoxy) is 1. The highest BCUT2D eigenvalue weighted by atomic mass is 79.9. The zero-order chi connectivity index (χ0) is 9.97. The second-order valence-corrected chi connectivity index (χ2v) is 3.90. The summed E-state index contributed by atoms with van der Waals surface area (Å²) in [6.07, 6.45) is 1.59. The van der Waals surface area contributed by atoms with E-state index in [-0.39, 0.29) is 11.9 Å². The first-order valence-electron chi connectivity index (χ1n) is 4.29. The van der Waals surface area contributed by atoms with Crippen LogP contribution in [-0.4, -0.2) is 24.0 Å². The van der Waals surface area contributed by atoms with E-state index < -0.39 is 0 Å². The lowest BCUT2D eigenvalue weighted by Gasteiger charge is -2.24. The molecule has 0 spiro atoms. The predicted octanol–water partition coefficient (Wildman–Crippen LogP) is 0.969. The molecular formula is C9H9BrN2O2. The van der Waals surface area contributed by atoms with Gasteiger partial charge < -0.3 is 10.1 Å². The topological polar surface area (TPSA) is 51.2 Å². The first-order chi connectivity index (χ1) is 6.75. The maximum absolute atomic E-state index is 11.4. The number of nitrogens with one attached hydrogen (secondary N) is 1. The van der Waals surface area contributed by atoms with Crippen LogP contribution >= 0.6 is 15.9 Å². The third-order valence-corrected chi connectivity index (χ3v) is 2.46. The van der Waals surface area contributed by atoms with Crippen LogP contribution in [0.1, 0.15) is 0 Å². The summed E-state index contributed by atoms with van der Waals surface area (Å²) in [5, 5.41) is 3.02. The van der Waals surface area contributed by atoms with Gasteiger partial charge in [0.2, 0.25) is 0 Å². The molecule has 0 amide bonds. The van der Waals surface area contributed by atoms with Crippen molar-refractivity contribution in [2.24, 2.45) is 5.92 Å². The average Bonchev–Trinajstić information content (AvgIpc) is 1.99. The number of nitrogens with zero attached hydrogens (tertiary/aromatic N) is 1. The van der Waals surface area contributed by atoms with Gasteiger partial charge >= 0.3 is 5.97 Å². The Morgan fingerprint density at radius 2 is 2.43 bits per heavy atom. The minimum absolute atomic E-state index is 0.00180. The lowest BCUT2D eigenvalue weighted by Crippen LogP contribution is -2.48. The van der Waals surface area contributed by atoms with Crippen LogP contribution in [0.15, 0.2) is 22.9 Å². The number of carbonyl (C=O) groups is 1. The van der Waals surface area contributed by atoms with Gasteiger partial charge in [0.1, 0.15) is 10.4 Å². The molecule has 0 unspecified atom stereocenters. The molecule has 4 nitrogen and oxygen atoms in total. The lowest BCUT2D eigenvalue weighted by molar-refractivity contribution is -0.140. The fourth-order valence-electron chi connectivity index (χ4n) is 1.10. The highest BCUT2D eigenvalue weighted by molar-refractivity contribution is 9.10. The first kappa shape index (κ1) is 9.61. The van der Waals surface area contributed by atoms with E-state index >= 15 is 0 Å². The molecule has 2 rings (SSSR count). The number of hydrogen-bond acceptors (Lipinski definition) is 4. The summed E-state index contributed by atoms with van der Waals surface area (Å²) in [6, 6.07) is 3.33. The first-order valence-corrected chi connectivity index (χ1v) is 5.09. The maximum Gasteiger partial charge on any atom is 0.316 e. The van der Waals surface area contributed by atoms with Gasteiger partial charge in [0, 0.05) is 25.4 Å². The molecule has 74 valence electrons. The Hall–Kier alpha value is -0.940. The van der Waals surface area contributed by atoms with Gasteiger partial charge in [-0.05, 0) is 22.0 Å². The second kappa shape index (κ2) is 4.06. The van der Waals surface area contributed by atoms with Crippen LogP contribution in [0, 0.1) is 5.92 Å². The summed E-state index contributed by atoms with van der Waals surface area (Å²) >= 11 is 3.21. The molecule has 0 saturated carbocycles. The maximum atomic E-state index is 11.4. The summed E-state index contributed by atoms with van der Waals surface area (Å²) in [4.78, 5) is 15.3. The smallest absolute Gasteiger partial charge is 0.316 e. The van der Waals surface area contributed by atoms with E-state index in [1.165, 1.54) is 0 Å². The van der Waals surface area contributed by atoms with Crippen molar-refractivity contribution in [2.75, 3.05) is 13.1 Å². The molecule has 5 heteroatoms. The molecule has 2 heterocycles. The van der Waals surface area contributed by atoms with Crippen molar-refractivity contribution in [3.8, 4) is 5.75 Å². The van der Waals surface area contributed by atoms with Crippen molar-refractivity contribution < 1.29 is 9.53 Å². The van der Waals surface area contributed by atoms with Gasteiger partial charge in [-0.1, -0.05) is 0 Å². The van der Waals surface area contributed by atoms with E-state index in [0.717, 1.165) is 0 Å². The van der Waals surface area contributed by atoms with E-state index in [9.17, 15) is 4.79 Å². The van der Waals surface area contributed by atoms with Gasteiger partial charge in [0.05, 0.1) is 5.92 Å². The molecule has 0 bridgehead atoms. The Morgan fingerprint density at radius 3 is 3.00 bits per heavy atom. The molecule has 14 heavy (non-hydrogen) atoms. The summed E-state index contributed by atoms with van der Waals surface area (Å²) in [7, 11) is 0. The summed E-state index contributed by atoms with van der Waals surface area (Å²) in [5.41, 5.74) is 0. The summed E-state index contributed by atoms with van der Waals surface area (Å²) in [5.74, 6) is 0.354. The number of halogens is 1. The minimum atomic E-state index is -0.179. The van der Waals surface area contributed by atoms with E-state index in [0.29, 0.717) is 23.4 Å².